The number of nitrogens with one attached hydrogen (secondary N) is 1. The first kappa shape index (κ1) is 15.3. The van der Waals surface area contributed by atoms with Gasteiger partial charge in [-0.05, 0) is 41.6 Å². The molecule has 1 aliphatic heterocycles. The Kier molecular flexibility index (Phi) is 4.66. The lowest BCUT2D eigenvalue weighted by atomic mass is 10.1. The lowest BCUT2D eigenvalue weighted by Crippen LogP contribution is -2.32. The summed E-state index contributed by atoms with van der Waals surface area (Å²) in [6.07, 6.45) is 1.54. The van der Waals surface area contributed by atoms with Crippen LogP contribution in [0, 0.1) is 0 Å². The Balaban J connectivity index is 1.51. The van der Waals surface area contributed by atoms with Crippen LogP contribution < -0.4 is 11.1 Å². The summed E-state index contributed by atoms with van der Waals surface area (Å²) in [6.45, 7) is 2.72. The third-order valence-corrected chi connectivity index (χ3v) is 5.09. The van der Waals surface area contributed by atoms with E-state index in [2.05, 4.69) is 21.7 Å². The van der Waals surface area contributed by atoms with Gasteiger partial charge in [-0.3, -0.25) is 9.69 Å². The number of hydrogen-bond acceptors (Lipinski definition) is 4. The van der Waals surface area contributed by atoms with Gasteiger partial charge < -0.3 is 11.1 Å². The summed E-state index contributed by atoms with van der Waals surface area (Å²) < 4.78 is 0. The van der Waals surface area contributed by atoms with E-state index in [4.69, 9.17) is 17.3 Å². The Morgan fingerprint density at radius 3 is 3.09 bits per heavy atom. The van der Waals surface area contributed by atoms with Crippen LogP contribution in [0.15, 0.2) is 29.6 Å². The van der Waals surface area contributed by atoms with Gasteiger partial charge in [0.1, 0.15) is 0 Å². The van der Waals surface area contributed by atoms with Gasteiger partial charge in [-0.1, -0.05) is 11.6 Å². The molecule has 0 spiro atoms. The minimum absolute atomic E-state index is 0.0230. The van der Waals surface area contributed by atoms with Gasteiger partial charge in [-0.15, -0.1) is 11.3 Å². The highest BCUT2D eigenvalue weighted by Crippen LogP contribution is 2.25. The summed E-state index contributed by atoms with van der Waals surface area (Å²) in [7, 11) is 0. The topological polar surface area (TPSA) is 58.4 Å². The zero-order chi connectivity index (χ0) is 15.5. The summed E-state index contributed by atoms with van der Waals surface area (Å²) in [6, 6.07) is 7.27. The molecule has 4 nitrogen and oxygen atoms in total. The first-order valence-electron chi connectivity index (χ1n) is 7.24. The summed E-state index contributed by atoms with van der Waals surface area (Å²) in [5.74, 6) is -0.0230. The van der Waals surface area contributed by atoms with Crippen LogP contribution in [0.5, 0.6) is 0 Å². The molecule has 0 saturated heterocycles. The lowest BCUT2D eigenvalue weighted by molar-refractivity contribution is -0.116. The summed E-state index contributed by atoms with van der Waals surface area (Å²) in [5, 5.41) is 5.55. The molecule has 3 N–H and O–H groups in total. The summed E-state index contributed by atoms with van der Waals surface area (Å²) >= 11 is 7.68. The summed E-state index contributed by atoms with van der Waals surface area (Å²) in [4.78, 5) is 15.9. The van der Waals surface area contributed by atoms with E-state index in [-0.39, 0.29) is 5.91 Å². The number of nitrogens with zero attached hydrogens (tertiary/aromatic N) is 1. The zero-order valence-corrected chi connectivity index (χ0v) is 13.7. The molecule has 2 aromatic rings. The van der Waals surface area contributed by atoms with Crippen molar-refractivity contribution in [3.05, 3.63) is 45.1 Å². The van der Waals surface area contributed by atoms with Gasteiger partial charge in [0.15, 0.2) is 0 Å². The fraction of sp³-hybridized carbons (Fsp3) is 0.312. The second kappa shape index (κ2) is 6.69. The molecule has 1 aromatic heterocycles. The SMILES string of the molecule is Nc1cc(Cl)ccc1NC(=O)CCN1CCc2sccc2C1. The van der Waals surface area contributed by atoms with Crippen LogP contribution in [0.3, 0.4) is 0 Å². The molecular weight excluding hydrogens is 318 g/mol. The Hall–Kier alpha value is -1.56. The maximum atomic E-state index is 12.1. The number of carbonyl (C=O) groups is 1. The highest BCUT2D eigenvalue weighted by atomic mass is 35.5. The Bertz CT molecular complexity index is 686. The van der Waals surface area contributed by atoms with Crippen molar-refractivity contribution in [2.24, 2.45) is 0 Å². The molecule has 0 atom stereocenters. The number of thiophene rings is 1. The number of fused-ring (bicyclic) bond motifs is 1. The summed E-state index contributed by atoms with van der Waals surface area (Å²) in [5.41, 5.74) is 8.35. The number of hydrogen-bond donors (Lipinski definition) is 2. The van der Waals surface area contributed by atoms with E-state index in [1.807, 2.05) is 11.3 Å². The van der Waals surface area contributed by atoms with Crippen molar-refractivity contribution in [1.82, 2.24) is 4.90 Å². The largest absolute Gasteiger partial charge is 0.397 e. The standard InChI is InChI=1S/C16H18ClN3OS/c17-12-1-2-14(13(18)9-12)19-16(21)4-7-20-6-3-15-11(10-20)5-8-22-15/h1-2,5,8-9H,3-4,6-7,10,18H2,(H,19,21). The van der Waals surface area contributed by atoms with Crippen LogP contribution in [0.25, 0.3) is 0 Å². The maximum absolute atomic E-state index is 12.1. The number of carbonyl (C=O) groups excluding carboxylic acids is 1. The predicted molar refractivity (Wildman–Crippen MR) is 92.4 cm³/mol. The molecule has 116 valence electrons. The quantitative estimate of drug-likeness (QED) is 0.842. The fourth-order valence-electron chi connectivity index (χ4n) is 2.62. The minimum Gasteiger partial charge on any atom is -0.397 e. The van der Waals surface area contributed by atoms with Gasteiger partial charge in [0.2, 0.25) is 5.91 Å². The van der Waals surface area contributed by atoms with Crippen molar-refractivity contribution < 1.29 is 4.79 Å². The van der Waals surface area contributed by atoms with Gasteiger partial charge >= 0.3 is 0 Å². The molecule has 1 aliphatic rings. The van der Waals surface area contributed by atoms with Crippen molar-refractivity contribution in [1.29, 1.82) is 0 Å². The van der Waals surface area contributed by atoms with E-state index in [0.717, 1.165) is 26.1 Å². The van der Waals surface area contributed by atoms with E-state index in [1.165, 1.54) is 10.4 Å². The van der Waals surface area contributed by atoms with E-state index < -0.39 is 0 Å². The van der Waals surface area contributed by atoms with Gasteiger partial charge in [-0.25, -0.2) is 0 Å². The smallest absolute Gasteiger partial charge is 0.225 e. The Morgan fingerprint density at radius 1 is 1.41 bits per heavy atom. The average Bonchev–Trinajstić information content (AvgIpc) is 2.95. The first-order chi connectivity index (χ1) is 10.6. The molecule has 1 aromatic carbocycles. The molecule has 6 heteroatoms. The molecule has 1 amide bonds. The van der Waals surface area contributed by atoms with Gasteiger partial charge in [-0.2, -0.15) is 0 Å². The first-order valence-corrected chi connectivity index (χ1v) is 8.50. The average molecular weight is 336 g/mol. The van der Waals surface area contributed by atoms with Crippen molar-refractivity contribution in [2.75, 3.05) is 24.1 Å². The second-order valence-corrected chi connectivity index (χ2v) is 6.86. The molecule has 3 rings (SSSR count). The highest BCUT2D eigenvalue weighted by molar-refractivity contribution is 7.10. The molecule has 0 fully saturated rings. The number of benzene rings is 1. The van der Waals surface area contributed by atoms with Crippen molar-refractivity contribution in [3.8, 4) is 0 Å². The molecule has 0 radical (unpaired) electrons. The zero-order valence-electron chi connectivity index (χ0n) is 12.1. The number of nitrogen functional groups attached to an aromatic ring is 1. The number of nitrogens with two attached hydrogens (primary N) is 1. The van der Waals surface area contributed by atoms with Crippen LogP contribution in [-0.4, -0.2) is 23.9 Å². The third-order valence-electron chi connectivity index (χ3n) is 3.83. The lowest BCUT2D eigenvalue weighted by Gasteiger charge is -2.26. The highest BCUT2D eigenvalue weighted by Gasteiger charge is 2.17. The van der Waals surface area contributed by atoms with Crippen LogP contribution in [0.1, 0.15) is 16.9 Å². The van der Waals surface area contributed by atoms with Gasteiger partial charge in [0.05, 0.1) is 11.4 Å². The van der Waals surface area contributed by atoms with Crippen molar-refractivity contribution in [3.63, 3.8) is 0 Å². The predicted octanol–water partition coefficient (Wildman–Crippen LogP) is 3.37. The van der Waals surface area contributed by atoms with Crippen LogP contribution in [0.4, 0.5) is 11.4 Å². The molecule has 2 heterocycles. The molecule has 22 heavy (non-hydrogen) atoms. The molecule has 0 bridgehead atoms. The van der Waals surface area contributed by atoms with E-state index >= 15 is 0 Å². The van der Waals surface area contributed by atoms with Crippen LogP contribution in [0.2, 0.25) is 5.02 Å². The monoisotopic (exact) mass is 335 g/mol. The second-order valence-electron chi connectivity index (χ2n) is 5.42. The normalized spacial score (nSPS) is 14.6. The minimum atomic E-state index is -0.0230. The van der Waals surface area contributed by atoms with Gasteiger partial charge in [0.25, 0.3) is 0 Å². The molecular formula is C16H18ClN3OS. The fourth-order valence-corrected chi connectivity index (χ4v) is 3.69. The van der Waals surface area contributed by atoms with Crippen molar-refractivity contribution >= 4 is 40.2 Å². The number of rotatable bonds is 4. The van der Waals surface area contributed by atoms with Crippen molar-refractivity contribution in [2.45, 2.75) is 19.4 Å². The van der Waals surface area contributed by atoms with Crippen LogP contribution >= 0.6 is 22.9 Å². The molecule has 0 saturated carbocycles. The number of amides is 1. The molecule has 0 unspecified atom stereocenters. The number of anilines is 2. The maximum Gasteiger partial charge on any atom is 0.225 e. The van der Waals surface area contributed by atoms with Gasteiger partial charge in [0, 0.05) is 36.0 Å². The Morgan fingerprint density at radius 2 is 2.27 bits per heavy atom. The van der Waals surface area contributed by atoms with E-state index in [9.17, 15) is 4.79 Å². The van der Waals surface area contributed by atoms with E-state index in [0.29, 0.717) is 22.8 Å². The third kappa shape index (κ3) is 3.61. The molecule has 0 aliphatic carbocycles. The number of halogens is 1. The van der Waals surface area contributed by atoms with Crippen LogP contribution in [-0.2, 0) is 17.8 Å². The Labute approximate surface area is 138 Å². The van der Waals surface area contributed by atoms with E-state index in [1.54, 1.807) is 18.2 Å².